The molecule has 114 valence electrons. The summed E-state index contributed by atoms with van der Waals surface area (Å²) in [5.74, 6) is -1.84. The van der Waals surface area contributed by atoms with E-state index >= 15 is 0 Å². The first kappa shape index (κ1) is 16.3. The Hall–Kier alpha value is -1.71. The number of nitrogen functional groups attached to an aromatic ring is 1. The Bertz CT molecular complexity index is 447. The highest BCUT2D eigenvalue weighted by Gasteiger charge is 2.29. The van der Waals surface area contributed by atoms with Crippen LogP contribution in [0.2, 0.25) is 0 Å². The van der Waals surface area contributed by atoms with E-state index in [4.69, 9.17) is 21.1 Å². The molecule has 0 bridgehead atoms. The molecule has 6 N–H and O–H groups in total. The molecular formula is C11H15F3N2O4. The fourth-order valence-corrected chi connectivity index (χ4v) is 1.42. The quantitative estimate of drug-likeness (QED) is 0.458. The number of nitrogens with one attached hydrogen (secondary N) is 1. The number of hydrogen-bond donors (Lipinski definition) is 5. The highest BCUT2D eigenvalue weighted by molar-refractivity contribution is 5.69. The van der Waals surface area contributed by atoms with Crippen molar-refractivity contribution in [2.24, 2.45) is 0 Å². The number of alkyl halides is 2. The Morgan fingerprint density at radius 1 is 1.20 bits per heavy atom. The van der Waals surface area contributed by atoms with E-state index in [-0.39, 0.29) is 11.4 Å². The van der Waals surface area contributed by atoms with E-state index in [0.717, 1.165) is 12.1 Å². The average molecular weight is 296 g/mol. The SMILES string of the molecule is Nc1cc(F)c(OC(F)F)cc1NC(CO)(CO)CO. The number of ether oxygens (including phenoxy) is 1. The Kier molecular flexibility index (Phi) is 5.43. The van der Waals surface area contributed by atoms with Crippen molar-refractivity contribution in [1.29, 1.82) is 0 Å². The van der Waals surface area contributed by atoms with Gasteiger partial charge in [0.15, 0.2) is 11.6 Å². The molecule has 1 aromatic carbocycles. The van der Waals surface area contributed by atoms with E-state index in [1.807, 2.05) is 0 Å². The van der Waals surface area contributed by atoms with Crippen LogP contribution in [0.3, 0.4) is 0 Å². The molecule has 1 aromatic rings. The van der Waals surface area contributed by atoms with Crippen LogP contribution in [-0.4, -0.2) is 47.3 Å². The van der Waals surface area contributed by atoms with Crippen LogP contribution in [0.4, 0.5) is 24.5 Å². The number of rotatable bonds is 7. The zero-order valence-electron chi connectivity index (χ0n) is 10.3. The fraction of sp³-hybridized carbons (Fsp3) is 0.455. The molecule has 9 heteroatoms. The van der Waals surface area contributed by atoms with Gasteiger partial charge in [-0.1, -0.05) is 0 Å². The maximum atomic E-state index is 13.4. The van der Waals surface area contributed by atoms with Gasteiger partial charge in [-0.25, -0.2) is 4.39 Å². The molecule has 20 heavy (non-hydrogen) atoms. The molecule has 0 spiro atoms. The van der Waals surface area contributed by atoms with Crippen molar-refractivity contribution in [2.75, 3.05) is 30.9 Å². The third-order valence-corrected chi connectivity index (χ3v) is 2.63. The van der Waals surface area contributed by atoms with Gasteiger partial charge >= 0.3 is 6.61 Å². The molecule has 0 saturated heterocycles. The van der Waals surface area contributed by atoms with Crippen molar-refractivity contribution >= 4 is 11.4 Å². The summed E-state index contributed by atoms with van der Waals surface area (Å²) in [5, 5.41) is 29.9. The van der Waals surface area contributed by atoms with Crippen LogP contribution in [0.5, 0.6) is 5.75 Å². The van der Waals surface area contributed by atoms with E-state index < -0.39 is 43.5 Å². The monoisotopic (exact) mass is 296 g/mol. The van der Waals surface area contributed by atoms with Gasteiger partial charge in [0.05, 0.1) is 31.2 Å². The zero-order valence-corrected chi connectivity index (χ0v) is 10.3. The molecule has 0 aliphatic rings. The summed E-state index contributed by atoms with van der Waals surface area (Å²) < 4.78 is 41.5. The molecule has 0 fully saturated rings. The maximum Gasteiger partial charge on any atom is 0.387 e. The topological polar surface area (TPSA) is 108 Å². The van der Waals surface area contributed by atoms with Gasteiger partial charge in [0.1, 0.15) is 5.54 Å². The molecular weight excluding hydrogens is 281 g/mol. The minimum Gasteiger partial charge on any atom is -0.432 e. The van der Waals surface area contributed by atoms with Crippen LogP contribution in [0.1, 0.15) is 0 Å². The van der Waals surface area contributed by atoms with Gasteiger partial charge in [-0.15, -0.1) is 0 Å². The van der Waals surface area contributed by atoms with Crippen molar-refractivity contribution in [3.05, 3.63) is 17.9 Å². The van der Waals surface area contributed by atoms with Gasteiger partial charge in [-0.2, -0.15) is 8.78 Å². The molecule has 0 heterocycles. The van der Waals surface area contributed by atoms with E-state index in [2.05, 4.69) is 10.1 Å². The Balaban J connectivity index is 3.11. The lowest BCUT2D eigenvalue weighted by Gasteiger charge is -2.30. The van der Waals surface area contributed by atoms with E-state index in [0.29, 0.717) is 0 Å². The van der Waals surface area contributed by atoms with E-state index in [1.165, 1.54) is 0 Å². The third kappa shape index (κ3) is 3.65. The van der Waals surface area contributed by atoms with Crippen LogP contribution in [0.25, 0.3) is 0 Å². The summed E-state index contributed by atoms with van der Waals surface area (Å²) in [4.78, 5) is 0. The van der Waals surface area contributed by atoms with Crippen molar-refractivity contribution < 1.29 is 33.2 Å². The summed E-state index contributed by atoms with van der Waals surface area (Å²) in [5.41, 5.74) is 3.73. The molecule has 0 saturated carbocycles. The number of halogens is 3. The smallest absolute Gasteiger partial charge is 0.387 e. The fourth-order valence-electron chi connectivity index (χ4n) is 1.42. The minimum absolute atomic E-state index is 0.0702. The molecule has 0 unspecified atom stereocenters. The van der Waals surface area contributed by atoms with Crippen LogP contribution in [0.15, 0.2) is 12.1 Å². The Morgan fingerprint density at radius 2 is 1.75 bits per heavy atom. The molecule has 1 rings (SSSR count). The van der Waals surface area contributed by atoms with Crippen molar-refractivity contribution in [1.82, 2.24) is 0 Å². The first-order chi connectivity index (χ1) is 9.37. The highest BCUT2D eigenvalue weighted by atomic mass is 19.3. The summed E-state index contributed by atoms with van der Waals surface area (Å²) in [6, 6.07) is 1.60. The van der Waals surface area contributed by atoms with Crippen LogP contribution in [0, 0.1) is 5.82 Å². The molecule has 0 amide bonds. The summed E-state index contributed by atoms with van der Waals surface area (Å²) >= 11 is 0. The highest BCUT2D eigenvalue weighted by Crippen LogP contribution is 2.31. The second-order valence-electron chi connectivity index (χ2n) is 4.13. The van der Waals surface area contributed by atoms with Gasteiger partial charge in [0, 0.05) is 12.1 Å². The predicted octanol–water partition coefficient (Wildman–Crippen LogP) is 0.137. The second-order valence-corrected chi connectivity index (χ2v) is 4.13. The standard InChI is InChI=1S/C11H15F3N2O4/c12-6-1-7(15)8(2-9(6)20-10(13)14)16-11(3-17,4-18)5-19/h1-2,10,16-19H,3-5,15H2. The van der Waals surface area contributed by atoms with Gasteiger partial charge in [0.2, 0.25) is 0 Å². The molecule has 0 atom stereocenters. The summed E-state index contributed by atoms with van der Waals surface area (Å²) in [7, 11) is 0. The Labute approximate surface area is 112 Å². The van der Waals surface area contributed by atoms with Crippen LogP contribution in [-0.2, 0) is 0 Å². The van der Waals surface area contributed by atoms with Crippen LogP contribution < -0.4 is 15.8 Å². The number of hydrogen-bond acceptors (Lipinski definition) is 6. The lowest BCUT2D eigenvalue weighted by Crippen LogP contribution is -2.49. The van der Waals surface area contributed by atoms with E-state index in [9.17, 15) is 13.2 Å². The predicted molar refractivity (Wildman–Crippen MR) is 65.1 cm³/mol. The number of aliphatic hydroxyl groups excluding tert-OH is 3. The van der Waals surface area contributed by atoms with Crippen molar-refractivity contribution in [2.45, 2.75) is 12.2 Å². The normalized spacial score (nSPS) is 11.8. The van der Waals surface area contributed by atoms with Crippen LogP contribution >= 0.6 is 0 Å². The van der Waals surface area contributed by atoms with Gasteiger partial charge in [0.25, 0.3) is 0 Å². The summed E-state index contributed by atoms with van der Waals surface area (Å²) in [6.45, 7) is -5.22. The Morgan fingerprint density at radius 3 is 2.20 bits per heavy atom. The van der Waals surface area contributed by atoms with Gasteiger partial charge < -0.3 is 31.1 Å². The third-order valence-electron chi connectivity index (χ3n) is 2.63. The second kappa shape index (κ2) is 6.64. The number of anilines is 2. The largest absolute Gasteiger partial charge is 0.432 e. The lowest BCUT2D eigenvalue weighted by molar-refractivity contribution is -0.0521. The molecule has 0 aliphatic heterocycles. The van der Waals surface area contributed by atoms with Crippen molar-refractivity contribution in [3.8, 4) is 5.75 Å². The number of nitrogens with two attached hydrogens (primary N) is 1. The first-order valence-electron chi connectivity index (χ1n) is 5.52. The minimum atomic E-state index is -3.22. The van der Waals surface area contributed by atoms with E-state index in [1.54, 1.807) is 0 Å². The number of aliphatic hydroxyl groups is 3. The van der Waals surface area contributed by atoms with Gasteiger partial charge in [-0.05, 0) is 0 Å². The molecule has 0 aromatic heterocycles. The molecule has 0 radical (unpaired) electrons. The summed E-state index contributed by atoms with van der Waals surface area (Å²) in [6.07, 6.45) is 0. The zero-order chi connectivity index (χ0) is 15.3. The first-order valence-corrected chi connectivity index (χ1v) is 5.52. The molecule has 6 nitrogen and oxygen atoms in total. The maximum absolute atomic E-state index is 13.4. The molecule has 0 aliphatic carbocycles. The lowest BCUT2D eigenvalue weighted by atomic mass is 10.0. The number of benzene rings is 1. The van der Waals surface area contributed by atoms with Gasteiger partial charge in [-0.3, -0.25) is 0 Å². The average Bonchev–Trinajstić information content (AvgIpc) is 2.40. The van der Waals surface area contributed by atoms with Crippen molar-refractivity contribution in [3.63, 3.8) is 0 Å².